The van der Waals surface area contributed by atoms with Crippen LogP contribution in [0.25, 0.3) is 16.4 Å². The van der Waals surface area contributed by atoms with Gasteiger partial charge in [-0.3, -0.25) is 0 Å². The zero-order valence-electron chi connectivity index (χ0n) is 11.7. The zero-order valence-corrected chi connectivity index (χ0v) is 12.6. The van der Waals surface area contributed by atoms with Crippen molar-refractivity contribution in [2.45, 2.75) is 25.3 Å². The van der Waals surface area contributed by atoms with E-state index in [4.69, 9.17) is 5.73 Å². The van der Waals surface area contributed by atoms with Gasteiger partial charge in [-0.1, -0.05) is 5.21 Å². The predicted molar refractivity (Wildman–Crippen MR) is 82.3 cm³/mol. The number of hydrogen-bond donors (Lipinski definition) is 1. The monoisotopic (exact) mass is 315 g/mol. The van der Waals surface area contributed by atoms with Crippen LogP contribution in [0.1, 0.15) is 30.1 Å². The first kappa shape index (κ1) is 13.5. The molecule has 0 amide bonds. The Bertz CT molecular complexity index is 804. The highest BCUT2D eigenvalue weighted by atomic mass is 32.1. The minimum atomic E-state index is -0.251. The van der Waals surface area contributed by atoms with Crippen molar-refractivity contribution in [2.24, 2.45) is 5.73 Å². The van der Waals surface area contributed by atoms with Crippen LogP contribution in [0.2, 0.25) is 0 Å². The summed E-state index contributed by atoms with van der Waals surface area (Å²) in [4.78, 5) is 4.61. The van der Waals surface area contributed by atoms with Gasteiger partial charge in [0.2, 0.25) is 5.13 Å². The van der Waals surface area contributed by atoms with Crippen LogP contribution in [0, 0.1) is 5.82 Å². The van der Waals surface area contributed by atoms with E-state index in [9.17, 15) is 4.39 Å². The van der Waals surface area contributed by atoms with E-state index < -0.39 is 0 Å². The van der Waals surface area contributed by atoms with Crippen molar-refractivity contribution in [1.29, 1.82) is 0 Å². The van der Waals surface area contributed by atoms with E-state index in [1.807, 2.05) is 5.38 Å². The molecule has 112 valence electrons. The highest BCUT2D eigenvalue weighted by molar-refractivity contribution is 7.12. The summed E-state index contributed by atoms with van der Waals surface area (Å²) in [6.45, 7) is 0.391. The summed E-state index contributed by atoms with van der Waals surface area (Å²) >= 11 is 1.50. The fourth-order valence-corrected chi connectivity index (χ4v) is 3.28. The highest BCUT2D eigenvalue weighted by Gasteiger charge is 2.32. The van der Waals surface area contributed by atoms with Crippen molar-refractivity contribution in [1.82, 2.24) is 20.0 Å². The highest BCUT2D eigenvalue weighted by Crippen LogP contribution is 2.42. The molecule has 5 nitrogen and oxygen atoms in total. The van der Waals surface area contributed by atoms with Gasteiger partial charge in [0.1, 0.15) is 11.5 Å². The molecular formula is C15H14FN5S. The average Bonchev–Trinajstić information content (AvgIpc) is 3.10. The lowest BCUT2D eigenvalue weighted by molar-refractivity contribution is 0.628. The van der Waals surface area contributed by atoms with Gasteiger partial charge in [-0.05, 0) is 37.1 Å². The maximum absolute atomic E-state index is 13.0. The molecule has 4 rings (SSSR count). The van der Waals surface area contributed by atoms with Gasteiger partial charge in [-0.25, -0.2) is 9.37 Å². The molecule has 0 unspecified atom stereocenters. The van der Waals surface area contributed by atoms with Crippen LogP contribution in [0.15, 0.2) is 29.6 Å². The number of nitrogens with two attached hydrogens (primary N) is 1. The topological polar surface area (TPSA) is 69.6 Å². The fraction of sp³-hybridized carbons (Fsp3) is 0.267. The molecule has 0 radical (unpaired) electrons. The zero-order chi connectivity index (χ0) is 15.1. The lowest BCUT2D eigenvalue weighted by Crippen LogP contribution is -2.04. The number of nitrogens with zero attached hydrogens (tertiary/aromatic N) is 4. The van der Waals surface area contributed by atoms with Crippen LogP contribution in [0.5, 0.6) is 0 Å². The summed E-state index contributed by atoms with van der Waals surface area (Å²) in [7, 11) is 0. The van der Waals surface area contributed by atoms with E-state index >= 15 is 0 Å². The second-order valence-corrected chi connectivity index (χ2v) is 6.17. The Labute approximate surface area is 130 Å². The van der Waals surface area contributed by atoms with Gasteiger partial charge in [-0.2, -0.15) is 4.68 Å². The van der Waals surface area contributed by atoms with E-state index in [-0.39, 0.29) is 5.82 Å². The minimum Gasteiger partial charge on any atom is -0.325 e. The molecule has 0 atom stereocenters. The first-order valence-electron chi connectivity index (χ1n) is 7.12. The minimum absolute atomic E-state index is 0.251. The molecule has 2 heterocycles. The third kappa shape index (κ3) is 2.32. The van der Waals surface area contributed by atoms with Gasteiger partial charge >= 0.3 is 0 Å². The molecule has 22 heavy (non-hydrogen) atoms. The summed E-state index contributed by atoms with van der Waals surface area (Å²) in [6.07, 6.45) is 2.30. The van der Waals surface area contributed by atoms with E-state index in [1.165, 1.54) is 23.5 Å². The van der Waals surface area contributed by atoms with Gasteiger partial charge in [-0.15, -0.1) is 16.4 Å². The summed E-state index contributed by atoms with van der Waals surface area (Å²) in [6, 6.07) is 6.32. The van der Waals surface area contributed by atoms with Crippen molar-refractivity contribution in [3.05, 3.63) is 46.9 Å². The number of thiazole rings is 1. The van der Waals surface area contributed by atoms with Crippen LogP contribution < -0.4 is 5.73 Å². The molecule has 1 fully saturated rings. The average molecular weight is 315 g/mol. The largest absolute Gasteiger partial charge is 0.325 e. The summed E-state index contributed by atoms with van der Waals surface area (Å²) in [5, 5.41) is 11.1. The predicted octanol–water partition coefficient (Wildman–Crippen LogP) is 2.87. The second-order valence-electron chi connectivity index (χ2n) is 5.33. The maximum atomic E-state index is 13.0. The molecule has 2 aromatic heterocycles. The summed E-state index contributed by atoms with van der Waals surface area (Å²) in [5.41, 5.74) is 9.38. The number of halogens is 1. The molecule has 0 bridgehead atoms. The Morgan fingerprint density at radius 2 is 2.05 bits per heavy atom. The molecule has 3 aromatic rings. The summed E-state index contributed by atoms with van der Waals surface area (Å²) < 4.78 is 14.8. The normalized spacial score (nSPS) is 14.5. The SMILES string of the molecule is NCc1nnn(-c2nc(-c3ccc(F)cc3)cs2)c1C1CC1. The number of benzene rings is 1. The molecule has 0 saturated heterocycles. The molecule has 1 aliphatic carbocycles. The standard InChI is InChI=1S/C15H14FN5S/c16-11-5-3-9(4-6-11)13-8-22-15(18-13)21-14(10-1-2-10)12(7-17)19-20-21/h3-6,8,10H,1-2,7,17H2. The van der Waals surface area contributed by atoms with E-state index in [1.54, 1.807) is 16.8 Å². The van der Waals surface area contributed by atoms with Crippen LogP contribution >= 0.6 is 11.3 Å². The number of aromatic nitrogens is 4. The Hall–Kier alpha value is -2.12. The Morgan fingerprint density at radius 3 is 2.73 bits per heavy atom. The van der Waals surface area contributed by atoms with Crippen LogP contribution in [0.4, 0.5) is 4.39 Å². The molecule has 2 N–H and O–H groups in total. The second kappa shape index (κ2) is 5.26. The lowest BCUT2D eigenvalue weighted by atomic mass is 10.2. The Balaban J connectivity index is 1.72. The number of hydrogen-bond acceptors (Lipinski definition) is 5. The first-order chi connectivity index (χ1) is 10.8. The van der Waals surface area contributed by atoms with Crippen LogP contribution in [-0.4, -0.2) is 20.0 Å². The third-order valence-electron chi connectivity index (χ3n) is 3.75. The van der Waals surface area contributed by atoms with E-state index in [2.05, 4.69) is 15.3 Å². The van der Waals surface area contributed by atoms with E-state index in [0.29, 0.717) is 12.5 Å². The third-order valence-corrected chi connectivity index (χ3v) is 4.57. The van der Waals surface area contributed by atoms with Gasteiger partial charge in [0.25, 0.3) is 0 Å². The molecular weight excluding hydrogens is 301 g/mol. The van der Waals surface area contributed by atoms with Gasteiger partial charge in [0.05, 0.1) is 11.4 Å². The van der Waals surface area contributed by atoms with Gasteiger partial charge in [0.15, 0.2) is 0 Å². The smallest absolute Gasteiger partial charge is 0.212 e. The van der Waals surface area contributed by atoms with Crippen molar-refractivity contribution >= 4 is 11.3 Å². The van der Waals surface area contributed by atoms with E-state index in [0.717, 1.165) is 40.6 Å². The first-order valence-corrected chi connectivity index (χ1v) is 8.00. The van der Waals surface area contributed by atoms with Gasteiger partial charge in [0, 0.05) is 23.4 Å². The van der Waals surface area contributed by atoms with Crippen molar-refractivity contribution < 1.29 is 4.39 Å². The van der Waals surface area contributed by atoms with Gasteiger partial charge < -0.3 is 5.73 Å². The number of rotatable bonds is 4. The van der Waals surface area contributed by atoms with Crippen molar-refractivity contribution in [3.8, 4) is 16.4 Å². The summed E-state index contributed by atoms with van der Waals surface area (Å²) in [5.74, 6) is 0.241. The van der Waals surface area contributed by atoms with Crippen molar-refractivity contribution in [3.63, 3.8) is 0 Å². The Kier molecular flexibility index (Phi) is 3.24. The molecule has 0 aliphatic heterocycles. The lowest BCUT2D eigenvalue weighted by Gasteiger charge is -2.02. The van der Waals surface area contributed by atoms with Crippen molar-refractivity contribution in [2.75, 3.05) is 0 Å². The molecule has 1 aromatic carbocycles. The Morgan fingerprint density at radius 1 is 1.27 bits per heavy atom. The molecule has 1 saturated carbocycles. The molecule has 1 aliphatic rings. The quantitative estimate of drug-likeness (QED) is 0.804. The fourth-order valence-electron chi connectivity index (χ4n) is 2.49. The molecule has 7 heteroatoms. The van der Waals surface area contributed by atoms with Crippen LogP contribution in [-0.2, 0) is 6.54 Å². The van der Waals surface area contributed by atoms with Crippen LogP contribution in [0.3, 0.4) is 0 Å². The maximum Gasteiger partial charge on any atom is 0.212 e. The molecule has 0 spiro atoms.